The van der Waals surface area contributed by atoms with Gasteiger partial charge < -0.3 is 20.2 Å². The third kappa shape index (κ3) is 9.67. The van der Waals surface area contributed by atoms with E-state index in [9.17, 15) is 14.7 Å². The SMILES string of the molecule is CC(C)(C)NCC[N+]1(CCNC(=O)CCCCC(=O)C(C)(C)C)CC(O)C1. The van der Waals surface area contributed by atoms with Gasteiger partial charge in [-0.2, -0.15) is 0 Å². The maximum atomic E-state index is 12.0. The first-order valence-electron chi connectivity index (χ1n) is 10.4. The van der Waals surface area contributed by atoms with Gasteiger partial charge >= 0.3 is 0 Å². The number of aliphatic hydroxyl groups excluding tert-OH is 1. The second-order valence-electron chi connectivity index (χ2n) is 10.2. The molecule has 1 rings (SSSR count). The van der Waals surface area contributed by atoms with Crippen molar-refractivity contribution in [2.75, 3.05) is 39.3 Å². The zero-order valence-electron chi connectivity index (χ0n) is 18.4. The number of carbonyl (C=O) groups is 2. The molecule has 158 valence electrons. The summed E-state index contributed by atoms with van der Waals surface area (Å²) >= 11 is 0. The van der Waals surface area contributed by atoms with Gasteiger partial charge in [-0.15, -0.1) is 0 Å². The quantitative estimate of drug-likeness (QED) is 0.375. The molecular weight excluding hydrogens is 342 g/mol. The lowest BCUT2D eigenvalue weighted by atomic mass is 9.88. The summed E-state index contributed by atoms with van der Waals surface area (Å²) in [5.74, 6) is 0.319. The number of nitrogens with zero attached hydrogens (tertiary/aromatic N) is 1. The highest BCUT2D eigenvalue weighted by atomic mass is 16.3. The molecule has 0 aliphatic carbocycles. The van der Waals surface area contributed by atoms with E-state index >= 15 is 0 Å². The van der Waals surface area contributed by atoms with E-state index in [0.29, 0.717) is 19.4 Å². The number of ketones is 1. The smallest absolute Gasteiger partial charge is 0.220 e. The van der Waals surface area contributed by atoms with Crippen LogP contribution in [0.1, 0.15) is 67.2 Å². The van der Waals surface area contributed by atoms with Crippen LogP contribution in [0, 0.1) is 5.41 Å². The van der Waals surface area contributed by atoms with Crippen LogP contribution in [0.4, 0.5) is 0 Å². The van der Waals surface area contributed by atoms with Gasteiger partial charge in [0.1, 0.15) is 18.9 Å². The number of rotatable bonds is 11. The number of Topliss-reactive ketones (excluding diaryl/α,β-unsaturated/α-hetero) is 1. The molecular formula is C21H42N3O3+. The summed E-state index contributed by atoms with van der Waals surface area (Å²) in [6.45, 7) is 17.2. The molecule has 1 aliphatic rings. The Labute approximate surface area is 165 Å². The minimum Gasteiger partial charge on any atom is -0.382 e. The zero-order chi connectivity index (χ0) is 20.7. The Kier molecular flexibility index (Phi) is 8.90. The average molecular weight is 385 g/mol. The summed E-state index contributed by atoms with van der Waals surface area (Å²) in [5, 5.41) is 16.3. The minimum atomic E-state index is -0.288. The second-order valence-corrected chi connectivity index (χ2v) is 10.2. The third-order valence-electron chi connectivity index (χ3n) is 5.24. The number of hydrogen-bond acceptors (Lipinski definition) is 4. The van der Waals surface area contributed by atoms with Crippen LogP contribution in [0.2, 0.25) is 0 Å². The Balaban J connectivity index is 2.21. The van der Waals surface area contributed by atoms with Crippen LogP contribution in [0.3, 0.4) is 0 Å². The molecule has 0 aromatic rings. The Morgan fingerprint density at radius 1 is 0.963 bits per heavy atom. The average Bonchev–Trinajstić information content (AvgIpc) is 2.47. The zero-order valence-corrected chi connectivity index (χ0v) is 18.4. The van der Waals surface area contributed by atoms with Gasteiger partial charge in [0.15, 0.2) is 6.10 Å². The van der Waals surface area contributed by atoms with Crippen LogP contribution in [0.15, 0.2) is 0 Å². The first-order chi connectivity index (χ1) is 12.3. The highest BCUT2D eigenvalue weighted by Gasteiger charge is 2.42. The van der Waals surface area contributed by atoms with Crippen LogP contribution in [0.25, 0.3) is 0 Å². The lowest BCUT2D eigenvalue weighted by Crippen LogP contribution is -2.69. The summed E-state index contributed by atoms with van der Waals surface area (Å²) in [5.41, 5.74) is -0.195. The van der Waals surface area contributed by atoms with E-state index in [0.717, 1.165) is 50.0 Å². The van der Waals surface area contributed by atoms with Gasteiger partial charge in [-0.05, 0) is 33.6 Å². The fraction of sp³-hybridized carbons (Fsp3) is 0.905. The Bertz CT molecular complexity index is 486. The van der Waals surface area contributed by atoms with Crippen LogP contribution >= 0.6 is 0 Å². The first-order valence-corrected chi connectivity index (χ1v) is 10.4. The predicted molar refractivity (Wildman–Crippen MR) is 109 cm³/mol. The lowest BCUT2D eigenvalue weighted by molar-refractivity contribution is -0.970. The van der Waals surface area contributed by atoms with Crippen molar-refractivity contribution in [1.82, 2.24) is 10.6 Å². The second kappa shape index (κ2) is 9.99. The largest absolute Gasteiger partial charge is 0.382 e. The molecule has 1 heterocycles. The molecule has 6 heteroatoms. The molecule has 0 unspecified atom stereocenters. The molecule has 6 nitrogen and oxygen atoms in total. The van der Waals surface area contributed by atoms with Crippen molar-refractivity contribution < 1.29 is 19.2 Å². The maximum absolute atomic E-state index is 12.0. The summed E-state index contributed by atoms with van der Waals surface area (Å²) in [6.07, 6.45) is 2.34. The van der Waals surface area contributed by atoms with Crippen LogP contribution in [-0.2, 0) is 9.59 Å². The number of aliphatic hydroxyl groups is 1. The van der Waals surface area contributed by atoms with Gasteiger partial charge in [-0.3, -0.25) is 9.59 Å². The number of amides is 1. The number of likely N-dealkylation sites (tertiary alicyclic amines) is 1. The van der Waals surface area contributed by atoms with Gasteiger partial charge in [0, 0.05) is 30.3 Å². The van der Waals surface area contributed by atoms with Crippen molar-refractivity contribution in [2.45, 2.75) is 78.9 Å². The van der Waals surface area contributed by atoms with E-state index < -0.39 is 0 Å². The Morgan fingerprint density at radius 3 is 2.04 bits per heavy atom. The number of quaternary nitrogens is 1. The number of hydrogen-bond donors (Lipinski definition) is 3. The van der Waals surface area contributed by atoms with E-state index in [1.54, 1.807) is 0 Å². The number of nitrogens with one attached hydrogen (secondary N) is 2. The highest BCUT2D eigenvalue weighted by molar-refractivity contribution is 5.83. The van der Waals surface area contributed by atoms with E-state index in [1.807, 2.05) is 20.8 Å². The molecule has 1 saturated heterocycles. The summed E-state index contributed by atoms with van der Waals surface area (Å²) in [6, 6.07) is 0. The van der Waals surface area contributed by atoms with Crippen molar-refractivity contribution in [3.05, 3.63) is 0 Å². The minimum absolute atomic E-state index is 0.0604. The van der Waals surface area contributed by atoms with Gasteiger partial charge in [0.25, 0.3) is 0 Å². The summed E-state index contributed by atoms with van der Waals surface area (Å²) in [7, 11) is 0. The molecule has 0 bridgehead atoms. The molecule has 27 heavy (non-hydrogen) atoms. The fourth-order valence-electron chi connectivity index (χ4n) is 3.45. The standard InChI is InChI=1S/C21H41N3O3/c1-20(2,3)18(26)9-7-8-10-19(27)22-11-13-24(15-17(25)16-24)14-12-23-21(4,5)6/h17,23,25H,7-16H2,1-6H3/p+1. The van der Waals surface area contributed by atoms with E-state index in [2.05, 4.69) is 31.4 Å². The van der Waals surface area contributed by atoms with Crippen molar-refractivity contribution in [1.29, 1.82) is 0 Å². The molecule has 0 radical (unpaired) electrons. The molecule has 3 N–H and O–H groups in total. The van der Waals surface area contributed by atoms with E-state index in [-0.39, 0.29) is 28.7 Å². The van der Waals surface area contributed by atoms with Crippen LogP contribution in [-0.4, -0.2) is 72.2 Å². The van der Waals surface area contributed by atoms with Crippen LogP contribution in [0.5, 0.6) is 0 Å². The molecule has 0 atom stereocenters. The van der Waals surface area contributed by atoms with Gasteiger partial charge in [0.05, 0.1) is 19.6 Å². The van der Waals surface area contributed by atoms with Crippen molar-refractivity contribution in [3.8, 4) is 0 Å². The number of unbranched alkanes of at least 4 members (excludes halogenated alkanes) is 1. The summed E-state index contributed by atoms with van der Waals surface area (Å²) < 4.78 is 0.866. The van der Waals surface area contributed by atoms with Gasteiger partial charge in [-0.25, -0.2) is 0 Å². The topological polar surface area (TPSA) is 78.4 Å². The molecule has 1 aliphatic heterocycles. The Hall–Kier alpha value is -0.980. The van der Waals surface area contributed by atoms with Gasteiger partial charge in [-0.1, -0.05) is 20.8 Å². The fourth-order valence-corrected chi connectivity index (χ4v) is 3.45. The predicted octanol–water partition coefficient (Wildman–Crippen LogP) is 1.86. The van der Waals surface area contributed by atoms with E-state index in [4.69, 9.17) is 0 Å². The number of carbonyl (C=O) groups excluding carboxylic acids is 2. The lowest BCUT2D eigenvalue weighted by Gasteiger charge is -2.49. The molecule has 0 spiro atoms. The van der Waals surface area contributed by atoms with Crippen LogP contribution < -0.4 is 10.6 Å². The molecule has 0 aromatic carbocycles. The molecule has 1 fully saturated rings. The van der Waals surface area contributed by atoms with Crippen molar-refractivity contribution in [3.63, 3.8) is 0 Å². The first kappa shape index (κ1) is 24.1. The van der Waals surface area contributed by atoms with E-state index in [1.165, 1.54) is 0 Å². The third-order valence-corrected chi connectivity index (χ3v) is 5.24. The highest BCUT2D eigenvalue weighted by Crippen LogP contribution is 2.20. The van der Waals surface area contributed by atoms with Gasteiger partial charge in [0.2, 0.25) is 5.91 Å². The molecule has 0 saturated carbocycles. The molecule has 0 aromatic heterocycles. The Morgan fingerprint density at radius 2 is 1.52 bits per heavy atom. The molecule has 1 amide bonds. The van der Waals surface area contributed by atoms with Crippen molar-refractivity contribution >= 4 is 11.7 Å². The maximum Gasteiger partial charge on any atom is 0.220 e. The summed E-state index contributed by atoms with van der Waals surface area (Å²) in [4.78, 5) is 23.9. The van der Waals surface area contributed by atoms with Crippen molar-refractivity contribution in [2.24, 2.45) is 5.41 Å². The normalized spacial score (nSPS) is 23.0. The monoisotopic (exact) mass is 384 g/mol.